The number of nitrogens with one attached hydrogen (secondary N) is 1. The van der Waals surface area contributed by atoms with Gasteiger partial charge in [-0.2, -0.15) is 0 Å². The van der Waals surface area contributed by atoms with E-state index in [1.165, 1.54) is 7.11 Å². The Hall–Kier alpha value is -1.56. The molecule has 1 aliphatic carbocycles. The Morgan fingerprint density at radius 2 is 1.95 bits per heavy atom. The third kappa shape index (κ3) is 3.37. The van der Waals surface area contributed by atoms with E-state index in [2.05, 4.69) is 21.2 Å². The van der Waals surface area contributed by atoms with Crippen LogP contribution in [-0.2, 0) is 4.79 Å². The Bertz CT molecular complexity index is 553. The Kier molecular flexibility index (Phi) is 4.88. The number of benzene rings is 1. The maximum atomic E-state index is 12.4. The Labute approximate surface area is 131 Å². The number of hydrogen-bond donors (Lipinski definition) is 2. The van der Waals surface area contributed by atoms with Gasteiger partial charge < -0.3 is 15.2 Å². The summed E-state index contributed by atoms with van der Waals surface area (Å²) in [6, 6.07) is 5.03. The van der Waals surface area contributed by atoms with E-state index < -0.39 is 17.4 Å². The van der Waals surface area contributed by atoms with Crippen LogP contribution in [0, 0.1) is 0 Å². The fourth-order valence-corrected chi connectivity index (χ4v) is 3.03. The number of hydrogen-bond acceptors (Lipinski definition) is 3. The molecule has 1 amide bonds. The van der Waals surface area contributed by atoms with Crippen molar-refractivity contribution >= 4 is 27.8 Å². The Morgan fingerprint density at radius 1 is 1.29 bits per heavy atom. The van der Waals surface area contributed by atoms with Gasteiger partial charge >= 0.3 is 5.97 Å². The van der Waals surface area contributed by atoms with Gasteiger partial charge in [0.25, 0.3) is 5.91 Å². The van der Waals surface area contributed by atoms with Crippen molar-refractivity contribution < 1.29 is 19.4 Å². The second-order valence-electron chi connectivity index (χ2n) is 5.25. The van der Waals surface area contributed by atoms with Crippen LogP contribution in [0.1, 0.15) is 42.5 Å². The monoisotopic (exact) mass is 355 g/mol. The number of amides is 1. The maximum Gasteiger partial charge on any atom is 0.329 e. The second-order valence-corrected chi connectivity index (χ2v) is 6.16. The average Bonchev–Trinajstić information content (AvgIpc) is 2.47. The topological polar surface area (TPSA) is 75.6 Å². The lowest BCUT2D eigenvalue weighted by molar-refractivity contribution is -0.145. The molecule has 1 aromatic carbocycles. The number of carbonyl (C=O) groups is 2. The number of methoxy groups -OCH3 is 1. The molecule has 0 aromatic heterocycles. The molecule has 1 aliphatic rings. The van der Waals surface area contributed by atoms with Gasteiger partial charge in [0.05, 0.1) is 12.7 Å². The molecule has 1 fully saturated rings. The van der Waals surface area contributed by atoms with Crippen LogP contribution in [0.3, 0.4) is 0 Å². The van der Waals surface area contributed by atoms with Gasteiger partial charge in [-0.05, 0) is 31.0 Å². The van der Waals surface area contributed by atoms with Crippen molar-refractivity contribution in [2.45, 2.75) is 37.6 Å². The number of carboxylic acids is 1. The minimum atomic E-state index is -1.16. The summed E-state index contributed by atoms with van der Waals surface area (Å²) in [4.78, 5) is 24.0. The molecule has 0 atom stereocenters. The van der Waals surface area contributed by atoms with Crippen molar-refractivity contribution in [2.24, 2.45) is 0 Å². The Balaban J connectivity index is 2.25. The first-order valence-corrected chi connectivity index (χ1v) is 7.67. The molecule has 0 bridgehead atoms. The van der Waals surface area contributed by atoms with Gasteiger partial charge in [0.1, 0.15) is 11.3 Å². The zero-order valence-corrected chi connectivity index (χ0v) is 13.4. The van der Waals surface area contributed by atoms with E-state index in [4.69, 9.17) is 4.74 Å². The summed E-state index contributed by atoms with van der Waals surface area (Å²) in [7, 11) is 1.48. The van der Waals surface area contributed by atoms with Gasteiger partial charge in [-0.1, -0.05) is 35.2 Å². The van der Waals surface area contributed by atoms with Crippen molar-refractivity contribution in [1.29, 1.82) is 0 Å². The predicted octanol–water partition coefficient (Wildman–Crippen LogP) is 2.98. The molecular formula is C15H18BrNO4. The van der Waals surface area contributed by atoms with Crippen molar-refractivity contribution in [1.82, 2.24) is 5.32 Å². The zero-order valence-electron chi connectivity index (χ0n) is 11.8. The largest absolute Gasteiger partial charge is 0.496 e. The first kappa shape index (κ1) is 15.8. The first-order valence-electron chi connectivity index (χ1n) is 6.88. The van der Waals surface area contributed by atoms with Gasteiger partial charge in [-0.25, -0.2) is 4.79 Å². The van der Waals surface area contributed by atoms with Crippen LogP contribution in [0.15, 0.2) is 22.7 Å². The van der Waals surface area contributed by atoms with Crippen LogP contribution in [0.4, 0.5) is 0 Å². The minimum absolute atomic E-state index is 0.340. The summed E-state index contributed by atoms with van der Waals surface area (Å²) in [6.45, 7) is 0. The summed E-state index contributed by atoms with van der Waals surface area (Å²) in [5.41, 5.74) is -0.820. The zero-order chi connectivity index (χ0) is 15.5. The van der Waals surface area contributed by atoms with E-state index in [-0.39, 0.29) is 0 Å². The molecule has 114 valence electrons. The van der Waals surface area contributed by atoms with E-state index in [1.807, 2.05) is 0 Å². The van der Waals surface area contributed by atoms with Crippen LogP contribution in [0.25, 0.3) is 0 Å². The lowest BCUT2D eigenvalue weighted by Gasteiger charge is -2.34. The highest BCUT2D eigenvalue weighted by molar-refractivity contribution is 9.10. The van der Waals surface area contributed by atoms with Gasteiger partial charge in [0.15, 0.2) is 0 Å². The molecule has 2 rings (SSSR count). The van der Waals surface area contributed by atoms with E-state index in [9.17, 15) is 14.7 Å². The molecule has 0 aliphatic heterocycles. The fourth-order valence-electron chi connectivity index (χ4n) is 2.68. The van der Waals surface area contributed by atoms with Crippen molar-refractivity contribution in [3.8, 4) is 5.75 Å². The number of carbonyl (C=O) groups excluding carboxylic acids is 1. The highest BCUT2D eigenvalue weighted by Crippen LogP contribution is 2.30. The van der Waals surface area contributed by atoms with Gasteiger partial charge in [-0.3, -0.25) is 4.79 Å². The number of ether oxygens (including phenoxy) is 1. The fraction of sp³-hybridized carbons (Fsp3) is 0.467. The normalized spacial score (nSPS) is 17.0. The first-order chi connectivity index (χ1) is 9.98. The third-order valence-electron chi connectivity index (χ3n) is 3.88. The van der Waals surface area contributed by atoms with Crippen molar-refractivity contribution in [3.05, 3.63) is 28.2 Å². The number of halogens is 1. The molecule has 0 unspecified atom stereocenters. The molecule has 1 aromatic rings. The highest BCUT2D eigenvalue weighted by Gasteiger charge is 2.41. The second kappa shape index (κ2) is 6.47. The molecule has 2 N–H and O–H groups in total. The van der Waals surface area contributed by atoms with E-state index in [0.29, 0.717) is 24.2 Å². The van der Waals surface area contributed by atoms with Gasteiger partial charge in [-0.15, -0.1) is 0 Å². The molecular weight excluding hydrogens is 338 g/mol. The number of aliphatic carboxylic acids is 1. The summed E-state index contributed by atoms with van der Waals surface area (Å²) in [6.07, 6.45) is 3.56. The lowest BCUT2D eigenvalue weighted by atomic mass is 9.81. The van der Waals surface area contributed by atoms with E-state index >= 15 is 0 Å². The quantitative estimate of drug-likeness (QED) is 0.870. The van der Waals surface area contributed by atoms with Crippen molar-refractivity contribution in [3.63, 3.8) is 0 Å². The molecule has 21 heavy (non-hydrogen) atoms. The highest BCUT2D eigenvalue weighted by atomic mass is 79.9. The smallest absolute Gasteiger partial charge is 0.329 e. The molecule has 6 heteroatoms. The van der Waals surface area contributed by atoms with Gasteiger partial charge in [0, 0.05) is 4.47 Å². The van der Waals surface area contributed by atoms with Crippen molar-refractivity contribution in [2.75, 3.05) is 7.11 Å². The predicted molar refractivity (Wildman–Crippen MR) is 81.6 cm³/mol. The molecule has 1 saturated carbocycles. The van der Waals surface area contributed by atoms with Gasteiger partial charge in [0.2, 0.25) is 0 Å². The molecule has 0 saturated heterocycles. The molecule has 0 spiro atoms. The SMILES string of the molecule is COc1cc(Br)ccc1C(=O)NC1(C(=O)O)CCCCC1. The summed E-state index contributed by atoms with van der Waals surface area (Å²) >= 11 is 3.31. The minimum Gasteiger partial charge on any atom is -0.496 e. The number of carboxylic acid groups (broad SMARTS) is 1. The van der Waals surface area contributed by atoms with Crippen LogP contribution in [0.5, 0.6) is 5.75 Å². The lowest BCUT2D eigenvalue weighted by Crippen LogP contribution is -2.55. The van der Waals surface area contributed by atoms with Crippen LogP contribution in [-0.4, -0.2) is 29.6 Å². The standard InChI is InChI=1S/C15H18BrNO4/c1-21-12-9-10(16)5-6-11(12)13(18)17-15(14(19)20)7-3-2-4-8-15/h5-6,9H,2-4,7-8H2,1H3,(H,17,18)(H,19,20). The molecule has 0 radical (unpaired) electrons. The molecule has 0 heterocycles. The van der Waals surface area contributed by atoms with Crippen LogP contribution >= 0.6 is 15.9 Å². The average molecular weight is 356 g/mol. The summed E-state index contributed by atoms with van der Waals surface area (Å²) in [5, 5.41) is 12.2. The Morgan fingerprint density at radius 3 is 2.52 bits per heavy atom. The number of rotatable bonds is 4. The van der Waals surface area contributed by atoms with Crippen LogP contribution in [0.2, 0.25) is 0 Å². The summed E-state index contributed by atoms with van der Waals surface area (Å²) in [5.74, 6) is -0.964. The van der Waals surface area contributed by atoms with E-state index in [1.54, 1.807) is 18.2 Å². The summed E-state index contributed by atoms with van der Waals surface area (Å²) < 4.78 is 5.98. The maximum absolute atomic E-state index is 12.4. The van der Waals surface area contributed by atoms with E-state index in [0.717, 1.165) is 23.7 Å². The third-order valence-corrected chi connectivity index (χ3v) is 4.37. The molecule has 5 nitrogen and oxygen atoms in total. The van der Waals surface area contributed by atoms with Crippen LogP contribution < -0.4 is 10.1 Å².